The predicted molar refractivity (Wildman–Crippen MR) is 160 cm³/mol. The first-order valence-electron chi connectivity index (χ1n) is 13.8. The molecule has 7 rings (SSSR count). The molecule has 2 atom stereocenters. The first-order chi connectivity index (χ1) is 20.5. The third kappa shape index (κ3) is 4.91. The van der Waals surface area contributed by atoms with E-state index in [0.717, 1.165) is 36.1 Å². The van der Waals surface area contributed by atoms with Crippen LogP contribution in [0.2, 0.25) is 0 Å². The number of hydrogen-bond donors (Lipinski definition) is 3. The Morgan fingerprint density at radius 2 is 2.02 bits per heavy atom. The van der Waals surface area contributed by atoms with Gasteiger partial charge in [0.2, 0.25) is 11.4 Å². The lowest BCUT2D eigenvalue weighted by molar-refractivity contribution is 0.1000. The SMILES string of the molecule is NC(=O)c1c(Cc2cnc(-c3csc4c(=O)cc(N5CCOCC5)oc34)s2)nc(N[C@H]2CCCC[C@H]2N)n2ncnc12. The van der Waals surface area contributed by atoms with Crippen molar-refractivity contribution < 1.29 is 13.9 Å². The van der Waals surface area contributed by atoms with Gasteiger partial charge in [0.05, 0.1) is 24.5 Å². The molecule has 13 nitrogen and oxygen atoms in total. The predicted octanol–water partition coefficient (Wildman–Crippen LogP) is 2.62. The van der Waals surface area contributed by atoms with E-state index in [4.69, 9.17) is 25.6 Å². The maximum atomic E-state index is 12.9. The number of carbonyl (C=O) groups is 1. The van der Waals surface area contributed by atoms with E-state index < -0.39 is 5.91 Å². The summed E-state index contributed by atoms with van der Waals surface area (Å²) in [6, 6.07) is 1.57. The molecule has 0 bridgehead atoms. The van der Waals surface area contributed by atoms with E-state index >= 15 is 0 Å². The van der Waals surface area contributed by atoms with Crippen molar-refractivity contribution in [3.8, 4) is 10.6 Å². The Hall–Kier alpha value is -3.92. The lowest BCUT2D eigenvalue weighted by Gasteiger charge is -2.29. The number of hydrogen-bond acceptors (Lipinski definition) is 13. The van der Waals surface area contributed by atoms with Gasteiger partial charge in [-0.05, 0) is 12.8 Å². The average molecular weight is 608 g/mol. The normalized spacial score (nSPS) is 19.5. The van der Waals surface area contributed by atoms with Crippen LogP contribution < -0.4 is 27.1 Å². The highest BCUT2D eigenvalue weighted by molar-refractivity contribution is 7.19. The van der Waals surface area contributed by atoms with Crippen LogP contribution in [0.3, 0.4) is 0 Å². The minimum Gasteiger partial charge on any atom is -0.439 e. The second-order valence-corrected chi connectivity index (χ2v) is 12.5. The van der Waals surface area contributed by atoms with Crippen molar-refractivity contribution in [1.29, 1.82) is 0 Å². The molecule has 1 aliphatic carbocycles. The molecule has 0 aromatic carbocycles. The fourth-order valence-electron chi connectivity index (χ4n) is 5.60. The van der Waals surface area contributed by atoms with Gasteiger partial charge in [-0.3, -0.25) is 9.59 Å². The molecule has 5 N–H and O–H groups in total. The minimum atomic E-state index is -0.637. The number of fused-ring (bicyclic) bond motifs is 2. The van der Waals surface area contributed by atoms with E-state index in [-0.39, 0.29) is 23.1 Å². The number of nitrogens with one attached hydrogen (secondary N) is 1. The van der Waals surface area contributed by atoms with Crippen LogP contribution in [0.1, 0.15) is 46.6 Å². The summed E-state index contributed by atoms with van der Waals surface area (Å²) in [4.78, 5) is 42.2. The smallest absolute Gasteiger partial charge is 0.254 e. The maximum absolute atomic E-state index is 12.9. The van der Waals surface area contributed by atoms with Crippen LogP contribution in [0.4, 0.5) is 11.8 Å². The van der Waals surface area contributed by atoms with Crippen molar-refractivity contribution in [3.05, 3.63) is 50.3 Å². The number of nitrogens with two attached hydrogens (primary N) is 2. The Balaban J connectivity index is 1.23. The molecule has 15 heteroatoms. The fraction of sp³-hybridized carbons (Fsp3) is 0.407. The van der Waals surface area contributed by atoms with Gasteiger partial charge in [-0.2, -0.15) is 9.61 Å². The first kappa shape index (κ1) is 26.9. The van der Waals surface area contributed by atoms with Crippen LogP contribution in [-0.2, 0) is 11.2 Å². The molecule has 1 saturated carbocycles. The lowest BCUT2D eigenvalue weighted by Crippen LogP contribution is -2.43. The largest absolute Gasteiger partial charge is 0.439 e. The topological polar surface area (TPSA) is 180 Å². The maximum Gasteiger partial charge on any atom is 0.254 e. The fourth-order valence-corrected chi connectivity index (χ4v) is 7.49. The number of aromatic nitrogens is 5. The summed E-state index contributed by atoms with van der Waals surface area (Å²) < 4.78 is 13.8. The van der Waals surface area contributed by atoms with Crippen LogP contribution in [0.15, 0.2) is 33.2 Å². The standard InChI is InChI=1S/C27H29N9O4S2/c28-16-3-1-2-4-17(16)33-27-34-18(21(24(29)38)25-31-13-32-36(25)27)9-14-11-30-26(42-14)15-12-41-23-19(37)10-20(40-22(15)23)35-5-7-39-8-6-35/h10-13,16-17H,1-9,28H2,(H2,29,38)(H,33,34)/t16-,17+/m1/s1. The number of thiophene rings is 1. The van der Waals surface area contributed by atoms with Gasteiger partial charge < -0.3 is 30.8 Å². The molecule has 2 fully saturated rings. The van der Waals surface area contributed by atoms with Crippen molar-refractivity contribution in [1.82, 2.24) is 24.6 Å². The molecule has 42 heavy (non-hydrogen) atoms. The zero-order valence-corrected chi connectivity index (χ0v) is 24.2. The quantitative estimate of drug-likeness (QED) is 0.247. The van der Waals surface area contributed by atoms with Gasteiger partial charge in [0.1, 0.15) is 21.6 Å². The number of ether oxygens (including phenoxy) is 1. The summed E-state index contributed by atoms with van der Waals surface area (Å²) in [6.07, 6.45) is 7.45. The van der Waals surface area contributed by atoms with Gasteiger partial charge in [-0.15, -0.1) is 22.7 Å². The van der Waals surface area contributed by atoms with Gasteiger partial charge in [0, 0.05) is 54.1 Å². The average Bonchev–Trinajstić information content (AvgIpc) is 3.75. The molecule has 0 radical (unpaired) electrons. The number of thiazole rings is 1. The van der Waals surface area contributed by atoms with Crippen molar-refractivity contribution in [2.24, 2.45) is 11.5 Å². The third-order valence-electron chi connectivity index (χ3n) is 7.76. The number of morpholine rings is 1. The molecule has 1 saturated heterocycles. The molecular formula is C27H29N9O4S2. The summed E-state index contributed by atoms with van der Waals surface area (Å²) in [5.74, 6) is 0.361. The third-order valence-corrected chi connectivity index (χ3v) is 9.77. The summed E-state index contributed by atoms with van der Waals surface area (Å²) in [6.45, 7) is 2.48. The van der Waals surface area contributed by atoms with E-state index in [2.05, 4.69) is 20.4 Å². The molecule has 1 aliphatic heterocycles. The molecule has 5 aromatic heterocycles. The highest BCUT2D eigenvalue weighted by Crippen LogP contribution is 2.37. The van der Waals surface area contributed by atoms with E-state index in [1.807, 2.05) is 10.3 Å². The second kappa shape index (κ2) is 11.1. The number of primary amides is 1. The molecule has 218 valence electrons. The summed E-state index contributed by atoms with van der Waals surface area (Å²) in [7, 11) is 0. The van der Waals surface area contributed by atoms with Crippen LogP contribution in [0.25, 0.3) is 26.5 Å². The van der Waals surface area contributed by atoms with E-state index in [9.17, 15) is 9.59 Å². The molecule has 1 amide bonds. The van der Waals surface area contributed by atoms with Crippen LogP contribution >= 0.6 is 22.7 Å². The molecule has 0 spiro atoms. The van der Waals surface area contributed by atoms with Crippen LogP contribution in [0.5, 0.6) is 0 Å². The molecule has 6 heterocycles. The van der Waals surface area contributed by atoms with Crippen LogP contribution in [0, 0.1) is 0 Å². The summed E-state index contributed by atoms with van der Waals surface area (Å²) >= 11 is 2.78. The molecule has 2 aliphatic rings. The summed E-state index contributed by atoms with van der Waals surface area (Å²) in [5.41, 5.74) is 14.4. The zero-order valence-electron chi connectivity index (χ0n) is 22.6. The van der Waals surface area contributed by atoms with Crippen molar-refractivity contribution in [2.45, 2.75) is 44.2 Å². The van der Waals surface area contributed by atoms with Crippen molar-refractivity contribution >= 4 is 56.3 Å². The van der Waals surface area contributed by atoms with Crippen LogP contribution in [-0.4, -0.2) is 68.9 Å². The van der Waals surface area contributed by atoms with E-state index in [1.54, 1.807) is 12.3 Å². The Morgan fingerprint density at radius 3 is 2.83 bits per heavy atom. The minimum absolute atomic E-state index is 0.00769. The van der Waals surface area contributed by atoms with Gasteiger partial charge in [0.15, 0.2) is 17.1 Å². The Kier molecular flexibility index (Phi) is 7.09. The number of anilines is 2. The Morgan fingerprint density at radius 1 is 1.19 bits per heavy atom. The molecule has 0 unspecified atom stereocenters. The van der Waals surface area contributed by atoms with Gasteiger partial charge in [-0.25, -0.2) is 15.0 Å². The Bertz CT molecular complexity index is 1840. The van der Waals surface area contributed by atoms with E-state index in [1.165, 1.54) is 33.5 Å². The summed E-state index contributed by atoms with van der Waals surface area (Å²) in [5, 5.41) is 10.3. The molecular weight excluding hydrogens is 578 g/mol. The zero-order chi connectivity index (χ0) is 28.8. The lowest BCUT2D eigenvalue weighted by atomic mass is 9.91. The molecule has 5 aromatic rings. The van der Waals surface area contributed by atoms with Crippen molar-refractivity contribution in [2.75, 3.05) is 36.5 Å². The number of carbonyl (C=O) groups excluding carboxylic acids is 1. The second-order valence-electron chi connectivity index (χ2n) is 10.5. The first-order valence-corrected chi connectivity index (χ1v) is 15.5. The van der Waals surface area contributed by atoms with Crippen molar-refractivity contribution in [3.63, 3.8) is 0 Å². The van der Waals surface area contributed by atoms with Gasteiger partial charge in [-0.1, -0.05) is 12.8 Å². The number of nitrogens with zero attached hydrogens (tertiary/aromatic N) is 6. The Labute approximate surface area is 247 Å². The monoisotopic (exact) mass is 607 g/mol. The van der Waals surface area contributed by atoms with Gasteiger partial charge >= 0.3 is 0 Å². The van der Waals surface area contributed by atoms with Gasteiger partial charge in [0.25, 0.3) is 5.91 Å². The number of rotatable bonds is 7. The highest BCUT2D eigenvalue weighted by Gasteiger charge is 2.27. The highest BCUT2D eigenvalue weighted by atomic mass is 32.1. The number of amides is 1. The van der Waals surface area contributed by atoms with E-state index in [0.29, 0.717) is 71.2 Å².